The third kappa shape index (κ3) is 4.37. The second-order valence-corrected chi connectivity index (χ2v) is 8.54. The largest absolute Gasteiger partial charge is 0.480 e. The summed E-state index contributed by atoms with van der Waals surface area (Å²) in [6.07, 6.45) is 0. The van der Waals surface area contributed by atoms with Crippen molar-refractivity contribution in [1.82, 2.24) is 4.72 Å². The number of carboxylic acids is 1. The van der Waals surface area contributed by atoms with E-state index in [-0.39, 0.29) is 11.4 Å². The first-order valence-corrected chi connectivity index (χ1v) is 9.81. The van der Waals surface area contributed by atoms with Gasteiger partial charge in [0.25, 0.3) is 0 Å². The van der Waals surface area contributed by atoms with Gasteiger partial charge in [-0.3, -0.25) is 4.79 Å². The third-order valence-electron chi connectivity index (χ3n) is 3.57. The van der Waals surface area contributed by atoms with Gasteiger partial charge in [0.05, 0.1) is 4.90 Å². The summed E-state index contributed by atoms with van der Waals surface area (Å²) in [4.78, 5) is 11.9. The average Bonchev–Trinajstić information content (AvgIpc) is 2.60. The first-order valence-electron chi connectivity index (χ1n) is 7.34. The fraction of sp³-hybridized carbons (Fsp3) is 0.235. The van der Waals surface area contributed by atoms with Crippen LogP contribution in [0.15, 0.2) is 65.6 Å². The molecule has 0 aliphatic carbocycles. The summed E-state index contributed by atoms with van der Waals surface area (Å²) in [7, 11) is -3.57. The Kier molecular flexibility index (Phi) is 6.04. The van der Waals surface area contributed by atoms with E-state index < -0.39 is 20.7 Å². The Hall–Kier alpha value is -1.83. The molecule has 0 fully saturated rings. The Bertz CT molecular complexity index is 779. The van der Waals surface area contributed by atoms with E-state index in [9.17, 15) is 18.3 Å². The second-order valence-electron chi connectivity index (χ2n) is 5.26. The highest BCUT2D eigenvalue weighted by Crippen LogP contribution is 2.36. The van der Waals surface area contributed by atoms with Crippen molar-refractivity contribution in [1.29, 1.82) is 0 Å². The molecule has 7 heteroatoms. The van der Waals surface area contributed by atoms with Gasteiger partial charge in [-0.05, 0) is 24.6 Å². The number of hydrogen-bond acceptors (Lipinski definition) is 4. The zero-order valence-electron chi connectivity index (χ0n) is 13.2. The molecule has 0 saturated carbocycles. The Morgan fingerprint density at radius 2 is 1.62 bits per heavy atom. The molecule has 0 radical (unpaired) electrons. The fourth-order valence-electron chi connectivity index (χ4n) is 2.14. The van der Waals surface area contributed by atoms with E-state index in [1.54, 1.807) is 49.4 Å². The van der Waals surface area contributed by atoms with Gasteiger partial charge in [0.1, 0.15) is 4.75 Å². The molecule has 2 aromatic rings. The quantitative estimate of drug-likeness (QED) is 0.703. The van der Waals surface area contributed by atoms with Crippen LogP contribution < -0.4 is 4.72 Å². The molecular weight excluding hydrogens is 346 g/mol. The molecule has 128 valence electrons. The van der Waals surface area contributed by atoms with Crippen molar-refractivity contribution in [2.75, 3.05) is 12.3 Å². The van der Waals surface area contributed by atoms with E-state index in [1.165, 1.54) is 23.9 Å². The van der Waals surface area contributed by atoms with Gasteiger partial charge in [-0.1, -0.05) is 48.5 Å². The molecule has 5 nitrogen and oxygen atoms in total. The molecule has 2 N–H and O–H groups in total. The maximum atomic E-state index is 12.1. The summed E-state index contributed by atoms with van der Waals surface area (Å²) in [5.74, 6) is -0.617. The smallest absolute Gasteiger partial charge is 0.324 e. The van der Waals surface area contributed by atoms with Gasteiger partial charge in [0.15, 0.2) is 0 Å². The predicted molar refractivity (Wildman–Crippen MR) is 95.5 cm³/mol. The van der Waals surface area contributed by atoms with Crippen LogP contribution in [0.5, 0.6) is 0 Å². The van der Waals surface area contributed by atoms with Gasteiger partial charge < -0.3 is 5.11 Å². The van der Waals surface area contributed by atoms with E-state index in [0.717, 1.165) is 0 Å². The standard InChI is InChI=1S/C17H19NO4S2/c1-17(16(19)20,14-8-4-2-5-9-14)23-13-12-18-24(21,22)15-10-6-3-7-11-15/h2-11,18H,12-13H2,1H3,(H,19,20). The number of nitrogens with one attached hydrogen (secondary N) is 1. The average molecular weight is 365 g/mol. The minimum Gasteiger partial charge on any atom is -0.480 e. The van der Waals surface area contributed by atoms with Crippen molar-refractivity contribution >= 4 is 27.8 Å². The molecule has 0 spiro atoms. The lowest BCUT2D eigenvalue weighted by Gasteiger charge is -2.24. The van der Waals surface area contributed by atoms with Crippen molar-refractivity contribution in [3.63, 3.8) is 0 Å². The Balaban J connectivity index is 1.98. The molecule has 0 aliphatic heterocycles. The van der Waals surface area contributed by atoms with E-state index in [0.29, 0.717) is 11.3 Å². The number of carbonyl (C=O) groups is 1. The van der Waals surface area contributed by atoms with Crippen LogP contribution in [0.2, 0.25) is 0 Å². The molecular formula is C17H19NO4S2. The molecule has 0 bridgehead atoms. The van der Waals surface area contributed by atoms with Crippen LogP contribution in [0.25, 0.3) is 0 Å². The van der Waals surface area contributed by atoms with Crippen LogP contribution in [-0.2, 0) is 19.6 Å². The topological polar surface area (TPSA) is 83.5 Å². The highest BCUT2D eigenvalue weighted by molar-refractivity contribution is 8.01. The van der Waals surface area contributed by atoms with Crippen LogP contribution in [0.3, 0.4) is 0 Å². The highest BCUT2D eigenvalue weighted by atomic mass is 32.2. The molecule has 1 unspecified atom stereocenters. The maximum absolute atomic E-state index is 12.1. The zero-order valence-corrected chi connectivity index (χ0v) is 14.8. The first kappa shape index (κ1) is 18.5. The van der Waals surface area contributed by atoms with Gasteiger partial charge in [0, 0.05) is 12.3 Å². The van der Waals surface area contributed by atoms with Crippen molar-refractivity contribution < 1.29 is 18.3 Å². The molecule has 0 saturated heterocycles. The van der Waals surface area contributed by atoms with Crippen LogP contribution in [0.4, 0.5) is 0 Å². The lowest BCUT2D eigenvalue weighted by molar-refractivity contribution is -0.139. The zero-order chi connectivity index (χ0) is 17.6. The van der Waals surface area contributed by atoms with E-state index in [1.807, 2.05) is 6.07 Å². The summed E-state index contributed by atoms with van der Waals surface area (Å²) in [5.41, 5.74) is 0.674. The van der Waals surface area contributed by atoms with Crippen molar-refractivity contribution in [2.24, 2.45) is 0 Å². The minimum atomic E-state index is -3.57. The summed E-state index contributed by atoms with van der Waals surface area (Å²) in [5, 5.41) is 9.56. The number of carboxylic acid groups (broad SMARTS) is 1. The Morgan fingerprint density at radius 3 is 2.17 bits per heavy atom. The van der Waals surface area contributed by atoms with Gasteiger partial charge in [-0.15, -0.1) is 11.8 Å². The maximum Gasteiger partial charge on any atom is 0.324 e. The Labute approximate surface area is 146 Å². The lowest BCUT2D eigenvalue weighted by Crippen LogP contribution is -2.32. The molecule has 2 aromatic carbocycles. The molecule has 1 atom stereocenters. The van der Waals surface area contributed by atoms with E-state index in [2.05, 4.69) is 4.72 Å². The van der Waals surface area contributed by atoms with Gasteiger partial charge in [-0.2, -0.15) is 0 Å². The summed E-state index contributed by atoms with van der Waals surface area (Å²) < 4.78 is 25.6. The van der Waals surface area contributed by atoms with Crippen LogP contribution in [0.1, 0.15) is 12.5 Å². The van der Waals surface area contributed by atoms with Crippen LogP contribution in [-0.4, -0.2) is 31.8 Å². The minimum absolute atomic E-state index is 0.150. The Morgan fingerprint density at radius 1 is 1.08 bits per heavy atom. The lowest BCUT2D eigenvalue weighted by atomic mass is 10.0. The number of thioether (sulfide) groups is 1. The van der Waals surface area contributed by atoms with Crippen LogP contribution >= 0.6 is 11.8 Å². The normalized spacial score (nSPS) is 14.0. The second kappa shape index (κ2) is 7.83. The fourth-order valence-corrected chi connectivity index (χ4v) is 4.36. The molecule has 2 rings (SSSR count). The first-order chi connectivity index (χ1) is 11.4. The van der Waals surface area contributed by atoms with E-state index in [4.69, 9.17) is 0 Å². The van der Waals surface area contributed by atoms with Crippen molar-refractivity contribution in [2.45, 2.75) is 16.6 Å². The summed E-state index contributed by atoms with van der Waals surface area (Å²) >= 11 is 1.19. The SMILES string of the molecule is CC(SCCNS(=O)(=O)c1ccccc1)(C(=O)O)c1ccccc1. The number of benzene rings is 2. The monoisotopic (exact) mass is 365 g/mol. The number of aliphatic carboxylic acids is 1. The summed E-state index contributed by atoms with van der Waals surface area (Å²) in [6, 6.07) is 17.0. The summed E-state index contributed by atoms with van der Waals surface area (Å²) in [6.45, 7) is 1.78. The molecule has 0 aromatic heterocycles. The molecule has 0 heterocycles. The number of sulfonamides is 1. The van der Waals surface area contributed by atoms with Crippen molar-refractivity contribution in [3.8, 4) is 0 Å². The van der Waals surface area contributed by atoms with Gasteiger partial charge >= 0.3 is 5.97 Å². The highest BCUT2D eigenvalue weighted by Gasteiger charge is 2.35. The number of hydrogen-bond donors (Lipinski definition) is 2. The van der Waals surface area contributed by atoms with Gasteiger partial charge in [0.2, 0.25) is 10.0 Å². The molecule has 24 heavy (non-hydrogen) atoms. The van der Waals surface area contributed by atoms with Crippen molar-refractivity contribution in [3.05, 3.63) is 66.2 Å². The van der Waals surface area contributed by atoms with Gasteiger partial charge in [-0.25, -0.2) is 13.1 Å². The van der Waals surface area contributed by atoms with E-state index >= 15 is 0 Å². The number of rotatable bonds is 8. The van der Waals surface area contributed by atoms with Crippen LogP contribution in [0, 0.1) is 0 Å². The molecule has 0 amide bonds. The predicted octanol–water partition coefficient (Wildman–Crippen LogP) is 2.70. The third-order valence-corrected chi connectivity index (χ3v) is 6.44. The molecule has 0 aliphatic rings.